The van der Waals surface area contributed by atoms with Crippen LogP contribution in [0.25, 0.3) is 0 Å². The number of carbonyl (C=O) groups excluding carboxylic acids is 1. The molecule has 0 aliphatic carbocycles. The van der Waals surface area contributed by atoms with Crippen LogP contribution < -0.4 is 0 Å². The van der Waals surface area contributed by atoms with E-state index in [0.717, 1.165) is 25.8 Å². The van der Waals surface area contributed by atoms with Gasteiger partial charge in [0.1, 0.15) is 0 Å². The number of nitrogens with zero attached hydrogens (tertiary/aromatic N) is 2. The first-order chi connectivity index (χ1) is 11.6. The lowest BCUT2D eigenvalue weighted by Gasteiger charge is -2.25. The molecule has 3 rings (SSSR count). The second kappa shape index (κ2) is 7.25. The van der Waals surface area contributed by atoms with Crippen molar-refractivity contribution in [2.24, 2.45) is 0 Å². The zero-order chi connectivity index (χ0) is 16.9. The van der Waals surface area contributed by atoms with E-state index in [4.69, 9.17) is 0 Å². The van der Waals surface area contributed by atoms with Crippen molar-refractivity contribution in [1.82, 2.24) is 4.90 Å². The van der Waals surface area contributed by atoms with Crippen LogP contribution in [0.2, 0.25) is 0 Å². The van der Waals surface area contributed by atoms with Crippen molar-refractivity contribution >= 4 is 11.6 Å². The largest absolute Gasteiger partial charge is 0.338 e. The van der Waals surface area contributed by atoms with Gasteiger partial charge in [-0.2, -0.15) is 0 Å². The molecule has 2 aromatic carbocycles. The van der Waals surface area contributed by atoms with E-state index >= 15 is 0 Å². The molecule has 5 heteroatoms. The van der Waals surface area contributed by atoms with Crippen molar-refractivity contribution in [1.29, 1.82) is 0 Å². The maximum absolute atomic E-state index is 12.8. The van der Waals surface area contributed by atoms with Gasteiger partial charge in [-0.25, -0.2) is 0 Å². The van der Waals surface area contributed by atoms with Crippen LogP contribution in [0.3, 0.4) is 0 Å². The average molecular weight is 324 g/mol. The first kappa shape index (κ1) is 16.2. The molecule has 0 radical (unpaired) electrons. The Kier molecular flexibility index (Phi) is 4.89. The Morgan fingerprint density at radius 2 is 1.75 bits per heavy atom. The second-order valence-corrected chi connectivity index (χ2v) is 6.16. The van der Waals surface area contributed by atoms with Crippen LogP contribution in [0.4, 0.5) is 5.69 Å². The molecule has 5 nitrogen and oxygen atoms in total. The van der Waals surface area contributed by atoms with Crippen LogP contribution in [0.5, 0.6) is 0 Å². The van der Waals surface area contributed by atoms with Gasteiger partial charge in [0.05, 0.1) is 4.92 Å². The molecular formula is C19H20N2O3. The molecule has 1 aliphatic rings. The number of carbonyl (C=O) groups is 1. The molecule has 1 heterocycles. The SMILES string of the molecule is O=C(c1ccc([N+](=O)[O-])cc1)N1CCCCC(c2ccccc2)C1. The molecule has 1 atom stereocenters. The predicted molar refractivity (Wildman–Crippen MR) is 92.0 cm³/mol. The highest BCUT2D eigenvalue weighted by Crippen LogP contribution is 2.27. The lowest BCUT2D eigenvalue weighted by atomic mass is 9.94. The molecule has 1 saturated heterocycles. The van der Waals surface area contributed by atoms with E-state index in [0.29, 0.717) is 18.0 Å². The first-order valence-electron chi connectivity index (χ1n) is 8.24. The molecule has 1 unspecified atom stereocenters. The fourth-order valence-electron chi connectivity index (χ4n) is 3.23. The van der Waals surface area contributed by atoms with Crippen LogP contribution in [0.15, 0.2) is 54.6 Å². The van der Waals surface area contributed by atoms with Gasteiger partial charge in [-0.3, -0.25) is 14.9 Å². The van der Waals surface area contributed by atoms with E-state index in [9.17, 15) is 14.9 Å². The van der Waals surface area contributed by atoms with E-state index in [1.165, 1.54) is 17.7 Å². The Bertz CT molecular complexity index is 713. The third kappa shape index (κ3) is 3.62. The quantitative estimate of drug-likeness (QED) is 0.633. The van der Waals surface area contributed by atoms with Gasteiger partial charge in [-0.05, 0) is 30.5 Å². The average Bonchev–Trinajstić information content (AvgIpc) is 2.88. The Hall–Kier alpha value is -2.69. The summed E-state index contributed by atoms with van der Waals surface area (Å²) in [7, 11) is 0. The van der Waals surface area contributed by atoms with Gasteiger partial charge >= 0.3 is 0 Å². The Labute approximate surface area is 141 Å². The lowest BCUT2D eigenvalue weighted by Crippen LogP contribution is -2.34. The lowest BCUT2D eigenvalue weighted by molar-refractivity contribution is -0.384. The van der Waals surface area contributed by atoms with Crippen molar-refractivity contribution in [3.05, 3.63) is 75.8 Å². The molecule has 1 aliphatic heterocycles. The van der Waals surface area contributed by atoms with Crippen molar-refractivity contribution in [3.63, 3.8) is 0 Å². The number of hydrogen-bond acceptors (Lipinski definition) is 3. The number of non-ortho nitro benzene ring substituents is 1. The van der Waals surface area contributed by atoms with Crippen molar-refractivity contribution in [2.75, 3.05) is 13.1 Å². The van der Waals surface area contributed by atoms with Crippen LogP contribution in [0.1, 0.15) is 41.1 Å². The molecule has 1 amide bonds. The minimum Gasteiger partial charge on any atom is -0.338 e. The third-order valence-electron chi connectivity index (χ3n) is 4.55. The topological polar surface area (TPSA) is 63.4 Å². The Morgan fingerprint density at radius 1 is 1.04 bits per heavy atom. The summed E-state index contributed by atoms with van der Waals surface area (Å²) < 4.78 is 0. The van der Waals surface area contributed by atoms with Gasteiger partial charge in [0.25, 0.3) is 11.6 Å². The van der Waals surface area contributed by atoms with E-state index in [1.807, 2.05) is 23.1 Å². The molecule has 0 spiro atoms. The predicted octanol–water partition coefficient (Wildman–Crippen LogP) is 4.00. The smallest absolute Gasteiger partial charge is 0.269 e. The molecule has 0 saturated carbocycles. The van der Waals surface area contributed by atoms with Crippen molar-refractivity contribution < 1.29 is 9.72 Å². The van der Waals surface area contributed by atoms with Crippen molar-refractivity contribution in [3.8, 4) is 0 Å². The maximum atomic E-state index is 12.8. The highest BCUT2D eigenvalue weighted by atomic mass is 16.6. The summed E-state index contributed by atoms with van der Waals surface area (Å²) in [5.41, 5.74) is 1.78. The fourth-order valence-corrected chi connectivity index (χ4v) is 3.23. The zero-order valence-electron chi connectivity index (χ0n) is 13.4. The molecule has 2 aromatic rings. The van der Waals surface area contributed by atoms with Gasteiger partial charge in [0, 0.05) is 36.7 Å². The highest BCUT2D eigenvalue weighted by Gasteiger charge is 2.24. The minimum absolute atomic E-state index is 0.00424. The highest BCUT2D eigenvalue weighted by molar-refractivity contribution is 5.94. The molecular weight excluding hydrogens is 304 g/mol. The summed E-state index contributed by atoms with van der Waals surface area (Å²) in [6.07, 6.45) is 3.17. The number of likely N-dealkylation sites (tertiary alicyclic amines) is 1. The molecule has 0 N–H and O–H groups in total. The van der Waals surface area contributed by atoms with Gasteiger partial charge in [0.2, 0.25) is 0 Å². The maximum Gasteiger partial charge on any atom is 0.269 e. The number of nitro groups is 1. The number of rotatable bonds is 3. The summed E-state index contributed by atoms with van der Waals surface area (Å²) in [6.45, 7) is 1.43. The van der Waals surface area contributed by atoms with E-state index in [1.54, 1.807) is 12.1 Å². The van der Waals surface area contributed by atoms with Crippen LogP contribution in [-0.4, -0.2) is 28.8 Å². The molecule has 0 aromatic heterocycles. The number of hydrogen-bond donors (Lipinski definition) is 0. The summed E-state index contributed by atoms with van der Waals surface area (Å²) in [4.78, 5) is 24.9. The number of nitro benzene ring substituents is 1. The summed E-state index contributed by atoms with van der Waals surface area (Å²) >= 11 is 0. The van der Waals surface area contributed by atoms with Crippen LogP contribution in [-0.2, 0) is 0 Å². The standard InChI is InChI=1S/C19H20N2O3/c22-19(16-9-11-18(12-10-16)21(23)24)20-13-5-4-8-17(14-20)15-6-2-1-3-7-15/h1-3,6-7,9-12,17H,4-5,8,13-14H2. The molecule has 1 fully saturated rings. The third-order valence-corrected chi connectivity index (χ3v) is 4.55. The zero-order valence-corrected chi connectivity index (χ0v) is 13.4. The second-order valence-electron chi connectivity index (χ2n) is 6.16. The van der Waals surface area contributed by atoms with Gasteiger partial charge in [0.15, 0.2) is 0 Å². The van der Waals surface area contributed by atoms with Crippen LogP contribution in [0, 0.1) is 10.1 Å². The van der Waals surface area contributed by atoms with E-state index in [-0.39, 0.29) is 11.6 Å². The normalized spacial score (nSPS) is 18.0. The number of benzene rings is 2. The minimum atomic E-state index is -0.453. The van der Waals surface area contributed by atoms with Crippen LogP contribution >= 0.6 is 0 Å². The van der Waals surface area contributed by atoms with E-state index < -0.39 is 4.92 Å². The summed E-state index contributed by atoms with van der Waals surface area (Å²) in [5.74, 6) is 0.295. The Morgan fingerprint density at radius 3 is 2.42 bits per heavy atom. The summed E-state index contributed by atoms with van der Waals surface area (Å²) in [6, 6.07) is 16.2. The molecule has 0 bridgehead atoms. The Balaban J connectivity index is 1.76. The molecule has 124 valence electrons. The van der Waals surface area contributed by atoms with Gasteiger partial charge < -0.3 is 4.90 Å². The van der Waals surface area contributed by atoms with Gasteiger partial charge in [-0.15, -0.1) is 0 Å². The summed E-state index contributed by atoms with van der Waals surface area (Å²) in [5, 5.41) is 10.7. The molecule has 24 heavy (non-hydrogen) atoms. The van der Waals surface area contributed by atoms with Crippen molar-refractivity contribution in [2.45, 2.75) is 25.2 Å². The first-order valence-corrected chi connectivity index (χ1v) is 8.24. The number of amides is 1. The van der Waals surface area contributed by atoms with Gasteiger partial charge in [-0.1, -0.05) is 36.8 Å². The fraction of sp³-hybridized carbons (Fsp3) is 0.316. The monoisotopic (exact) mass is 324 g/mol. The van der Waals surface area contributed by atoms with E-state index in [2.05, 4.69) is 12.1 Å².